The van der Waals surface area contributed by atoms with E-state index in [-0.39, 0.29) is 0 Å². The molecule has 0 saturated heterocycles. The first kappa shape index (κ1) is 9.75. The van der Waals surface area contributed by atoms with E-state index in [0.717, 1.165) is 34.0 Å². The van der Waals surface area contributed by atoms with Crippen molar-refractivity contribution in [1.29, 1.82) is 0 Å². The molecule has 0 aromatic carbocycles. The zero-order valence-corrected chi connectivity index (χ0v) is 9.02. The van der Waals surface area contributed by atoms with Gasteiger partial charge in [-0.3, -0.25) is 4.98 Å². The molecule has 1 nitrogen and oxygen atoms in total. The second kappa shape index (κ2) is 4.16. The van der Waals surface area contributed by atoms with E-state index in [2.05, 4.69) is 4.98 Å². The van der Waals surface area contributed by atoms with E-state index in [0.29, 0.717) is 0 Å². The summed E-state index contributed by atoms with van der Waals surface area (Å²) >= 11 is 12.2. The van der Waals surface area contributed by atoms with Crippen LogP contribution in [0, 0.1) is 0 Å². The smallest absolute Gasteiger partial charge is 0.0456 e. The van der Waals surface area contributed by atoms with Crippen LogP contribution in [0.4, 0.5) is 0 Å². The van der Waals surface area contributed by atoms with Crippen molar-refractivity contribution in [1.82, 2.24) is 4.98 Å². The molecule has 1 heterocycles. The third kappa shape index (κ3) is 1.84. The second-order valence-electron chi connectivity index (χ2n) is 3.11. The van der Waals surface area contributed by atoms with Crippen molar-refractivity contribution in [2.24, 2.45) is 0 Å². The van der Waals surface area contributed by atoms with Gasteiger partial charge in [-0.05, 0) is 18.9 Å². The Morgan fingerprint density at radius 2 is 2.14 bits per heavy atom. The Morgan fingerprint density at radius 1 is 1.29 bits per heavy atom. The van der Waals surface area contributed by atoms with Gasteiger partial charge in [0.1, 0.15) is 0 Å². The minimum atomic E-state index is 0.731. The molecule has 72 valence electrons. The van der Waals surface area contributed by atoms with Crippen molar-refractivity contribution in [2.45, 2.75) is 12.8 Å². The summed E-state index contributed by atoms with van der Waals surface area (Å²) in [5.41, 5.74) is 1.91. The van der Waals surface area contributed by atoms with E-state index in [1.807, 2.05) is 18.2 Å². The number of aromatic nitrogens is 1. The molecule has 0 radical (unpaired) electrons. The molecule has 0 atom stereocenters. The Morgan fingerprint density at radius 3 is 2.79 bits per heavy atom. The number of hydrogen-bond donors (Lipinski definition) is 0. The third-order valence-corrected chi connectivity index (χ3v) is 2.87. The summed E-state index contributed by atoms with van der Waals surface area (Å²) in [5, 5.41) is 1.56. The molecule has 1 aromatic rings. The quantitative estimate of drug-likeness (QED) is 0.706. The van der Waals surface area contributed by atoms with Crippen LogP contribution in [0.1, 0.15) is 18.4 Å². The fourth-order valence-corrected chi connectivity index (χ4v) is 2.19. The lowest BCUT2D eigenvalue weighted by molar-refractivity contribution is 1.02. The van der Waals surface area contributed by atoms with E-state index in [1.54, 1.807) is 12.4 Å². The molecule has 0 amide bonds. The Bertz CT molecular complexity index is 393. The highest BCUT2D eigenvalue weighted by Gasteiger charge is 2.14. The van der Waals surface area contributed by atoms with Crippen LogP contribution in [0.5, 0.6) is 0 Å². The predicted molar refractivity (Wildman–Crippen MR) is 60.2 cm³/mol. The van der Waals surface area contributed by atoms with Gasteiger partial charge in [0.25, 0.3) is 0 Å². The maximum atomic E-state index is 6.14. The summed E-state index contributed by atoms with van der Waals surface area (Å²) in [7, 11) is 0. The zero-order valence-electron chi connectivity index (χ0n) is 7.50. The molecule has 0 spiro atoms. The van der Waals surface area contributed by atoms with Crippen LogP contribution in [0.2, 0.25) is 0 Å². The summed E-state index contributed by atoms with van der Waals surface area (Å²) in [5.74, 6) is 0. The predicted octanol–water partition coefficient (Wildman–Crippen LogP) is 3.95. The fourth-order valence-electron chi connectivity index (χ4n) is 1.49. The monoisotopic (exact) mass is 225 g/mol. The van der Waals surface area contributed by atoms with Crippen LogP contribution in [0.25, 0.3) is 5.57 Å². The van der Waals surface area contributed by atoms with Crippen LogP contribution < -0.4 is 0 Å². The van der Waals surface area contributed by atoms with E-state index in [9.17, 15) is 0 Å². The number of pyridine rings is 1. The van der Waals surface area contributed by atoms with E-state index in [1.165, 1.54) is 0 Å². The summed E-state index contributed by atoms with van der Waals surface area (Å²) in [6.07, 6.45) is 7.29. The van der Waals surface area contributed by atoms with Gasteiger partial charge in [-0.2, -0.15) is 0 Å². The molecule has 1 aliphatic rings. The Balaban J connectivity index is 2.48. The molecule has 0 N–H and O–H groups in total. The molecule has 14 heavy (non-hydrogen) atoms. The standard InChI is InChI=1S/C11H9Cl2N/c12-9-4-1-5-10(13)11(9)8-3-2-6-14-7-8/h2-4,6-7H,1,5H2. The van der Waals surface area contributed by atoms with Crippen molar-refractivity contribution in [2.75, 3.05) is 0 Å². The number of rotatable bonds is 1. The van der Waals surface area contributed by atoms with Gasteiger partial charge < -0.3 is 0 Å². The van der Waals surface area contributed by atoms with E-state index < -0.39 is 0 Å². The average molecular weight is 226 g/mol. The third-order valence-electron chi connectivity index (χ3n) is 2.15. The average Bonchev–Trinajstić information content (AvgIpc) is 2.19. The van der Waals surface area contributed by atoms with Crippen molar-refractivity contribution in [3.63, 3.8) is 0 Å². The maximum Gasteiger partial charge on any atom is 0.0456 e. The minimum Gasteiger partial charge on any atom is -0.264 e. The van der Waals surface area contributed by atoms with Crippen molar-refractivity contribution < 1.29 is 0 Å². The van der Waals surface area contributed by atoms with Crippen LogP contribution in [-0.2, 0) is 0 Å². The molecule has 3 heteroatoms. The largest absolute Gasteiger partial charge is 0.264 e. The normalized spacial score (nSPS) is 16.9. The van der Waals surface area contributed by atoms with Crippen LogP contribution in [0.3, 0.4) is 0 Å². The van der Waals surface area contributed by atoms with Gasteiger partial charge in [0.15, 0.2) is 0 Å². The number of allylic oxidation sites excluding steroid dienone is 4. The van der Waals surface area contributed by atoms with Crippen molar-refractivity contribution in [3.8, 4) is 0 Å². The van der Waals surface area contributed by atoms with Gasteiger partial charge in [0.05, 0.1) is 0 Å². The summed E-state index contributed by atoms with van der Waals surface area (Å²) < 4.78 is 0. The highest BCUT2D eigenvalue weighted by atomic mass is 35.5. The highest BCUT2D eigenvalue weighted by molar-refractivity contribution is 6.42. The van der Waals surface area contributed by atoms with Crippen molar-refractivity contribution in [3.05, 3.63) is 46.2 Å². The zero-order chi connectivity index (χ0) is 9.97. The van der Waals surface area contributed by atoms with Gasteiger partial charge in [-0.15, -0.1) is 0 Å². The van der Waals surface area contributed by atoms with Gasteiger partial charge >= 0.3 is 0 Å². The topological polar surface area (TPSA) is 12.9 Å². The fraction of sp³-hybridized carbons (Fsp3) is 0.182. The molecule has 1 aliphatic carbocycles. The first-order chi connectivity index (χ1) is 6.79. The first-order valence-electron chi connectivity index (χ1n) is 4.44. The van der Waals surface area contributed by atoms with Crippen LogP contribution in [0.15, 0.2) is 40.7 Å². The van der Waals surface area contributed by atoms with Gasteiger partial charge in [0.2, 0.25) is 0 Å². The molecule has 1 aromatic heterocycles. The van der Waals surface area contributed by atoms with Gasteiger partial charge in [0, 0.05) is 33.6 Å². The molecule has 0 unspecified atom stereocenters. The molecule has 0 fully saturated rings. The molecule has 0 bridgehead atoms. The number of hydrogen-bond acceptors (Lipinski definition) is 1. The lowest BCUT2D eigenvalue weighted by atomic mass is 10.0. The number of halogens is 2. The summed E-state index contributed by atoms with van der Waals surface area (Å²) in [6.45, 7) is 0. The van der Waals surface area contributed by atoms with Gasteiger partial charge in [-0.1, -0.05) is 35.3 Å². The highest BCUT2D eigenvalue weighted by Crippen LogP contribution is 2.36. The van der Waals surface area contributed by atoms with E-state index >= 15 is 0 Å². The van der Waals surface area contributed by atoms with Crippen molar-refractivity contribution >= 4 is 28.8 Å². The Hall–Kier alpha value is -0.790. The molecule has 0 aliphatic heterocycles. The molecular weight excluding hydrogens is 217 g/mol. The Kier molecular flexibility index (Phi) is 2.90. The molecular formula is C11H9Cl2N. The maximum absolute atomic E-state index is 6.14. The molecule has 0 saturated carbocycles. The van der Waals surface area contributed by atoms with Crippen LogP contribution in [-0.4, -0.2) is 4.98 Å². The lowest BCUT2D eigenvalue weighted by Gasteiger charge is -2.13. The van der Waals surface area contributed by atoms with Crippen LogP contribution >= 0.6 is 23.2 Å². The molecule has 2 rings (SSSR count). The van der Waals surface area contributed by atoms with Gasteiger partial charge in [-0.25, -0.2) is 0 Å². The Labute approximate surface area is 93.1 Å². The second-order valence-corrected chi connectivity index (χ2v) is 3.98. The lowest BCUT2D eigenvalue weighted by Crippen LogP contribution is -1.94. The summed E-state index contributed by atoms with van der Waals surface area (Å²) in [4.78, 5) is 4.05. The minimum absolute atomic E-state index is 0.731. The SMILES string of the molecule is ClC1=CCCC(Cl)=C1c1cccnc1. The first-order valence-corrected chi connectivity index (χ1v) is 5.19. The van der Waals surface area contributed by atoms with E-state index in [4.69, 9.17) is 23.2 Å². The number of nitrogens with zero attached hydrogens (tertiary/aromatic N) is 1. The summed E-state index contributed by atoms with van der Waals surface area (Å²) in [6, 6.07) is 3.84.